The van der Waals surface area contributed by atoms with Gasteiger partial charge in [0, 0.05) is 13.1 Å². The van der Waals surface area contributed by atoms with Crippen molar-refractivity contribution in [1.82, 2.24) is 4.31 Å². The number of aryl methyl sites for hydroxylation is 1. The Hall–Kier alpha value is -1.39. The Balaban J connectivity index is 2.86. The number of hydrogen-bond acceptors (Lipinski definition) is 2. The molecule has 25 heavy (non-hydrogen) atoms. The lowest BCUT2D eigenvalue weighted by atomic mass is 10.1. The van der Waals surface area contributed by atoms with E-state index in [2.05, 4.69) is 19.6 Å². The molecular weight excluding hydrogens is 330 g/mol. The highest BCUT2D eigenvalue weighted by Crippen LogP contribution is 2.19. The van der Waals surface area contributed by atoms with Crippen molar-refractivity contribution in [2.75, 3.05) is 13.1 Å². The van der Waals surface area contributed by atoms with Crippen molar-refractivity contribution >= 4 is 10.0 Å². The van der Waals surface area contributed by atoms with Gasteiger partial charge < -0.3 is 0 Å². The summed E-state index contributed by atoms with van der Waals surface area (Å²) in [4.78, 5) is 0.379. The predicted molar refractivity (Wildman–Crippen MR) is 107 cm³/mol. The van der Waals surface area contributed by atoms with Crippen LogP contribution >= 0.6 is 0 Å². The first-order valence-electron chi connectivity index (χ1n) is 9.14. The molecule has 1 aromatic rings. The van der Waals surface area contributed by atoms with Crippen LogP contribution in [-0.2, 0) is 10.0 Å². The van der Waals surface area contributed by atoms with Gasteiger partial charge in [0.1, 0.15) is 0 Å². The minimum atomic E-state index is -3.45. The molecular formula is C21H33NO2S. The molecule has 0 saturated heterocycles. The Morgan fingerprint density at radius 2 is 1.80 bits per heavy atom. The van der Waals surface area contributed by atoms with E-state index in [-0.39, 0.29) is 0 Å². The van der Waals surface area contributed by atoms with E-state index >= 15 is 0 Å². The minimum Gasteiger partial charge on any atom is -0.207 e. The number of sulfonamides is 1. The first-order valence-corrected chi connectivity index (χ1v) is 10.6. The Kier molecular flexibility index (Phi) is 9.15. The lowest BCUT2D eigenvalue weighted by Crippen LogP contribution is -2.33. The van der Waals surface area contributed by atoms with Gasteiger partial charge in [0.15, 0.2) is 0 Å². The number of unbranched alkanes of at least 4 members (excludes halogenated alkanes) is 2. The standard InChI is InChI=1S/C21H33NO2S/c1-6-7-16-22(17-20(5)11-9-8-10-18(2)3)25(23,24)21-14-12-19(4)13-15-21/h11-15H,2,6-10,16-17H2,1,3-5H3/b20-11+. The van der Waals surface area contributed by atoms with E-state index in [0.717, 1.165) is 43.2 Å². The maximum atomic E-state index is 13.0. The van der Waals surface area contributed by atoms with Crippen LogP contribution in [0.4, 0.5) is 0 Å². The molecule has 0 saturated carbocycles. The van der Waals surface area contributed by atoms with Crippen molar-refractivity contribution in [1.29, 1.82) is 0 Å². The molecule has 140 valence electrons. The van der Waals surface area contributed by atoms with Crippen molar-refractivity contribution < 1.29 is 8.42 Å². The first kappa shape index (κ1) is 21.7. The molecule has 3 nitrogen and oxygen atoms in total. The summed E-state index contributed by atoms with van der Waals surface area (Å²) in [5.74, 6) is 0. The van der Waals surface area contributed by atoms with Crippen LogP contribution in [0.2, 0.25) is 0 Å². The summed E-state index contributed by atoms with van der Waals surface area (Å²) in [6, 6.07) is 7.11. The second-order valence-electron chi connectivity index (χ2n) is 6.91. The van der Waals surface area contributed by atoms with E-state index in [4.69, 9.17) is 0 Å². The highest BCUT2D eigenvalue weighted by molar-refractivity contribution is 7.89. The molecule has 1 aromatic carbocycles. The van der Waals surface area contributed by atoms with Crippen molar-refractivity contribution in [3.05, 3.63) is 53.6 Å². The van der Waals surface area contributed by atoms with E-state index in [1.807, 2.05) is 32.9 Å². The quantitative estimate of drug-likeness (QED) is 0.386. The van der Waals surface area contributed by atoms with Gasteiger partial charge in [-0.15, -0.1) is 6.58 Å². The van der Waals surface area contributed by atoms with E-state index < -0.39 is 10.0 Å². The van der Waals surface area contributed by atoms with Gasteiger partial charge in [-0.1, -0.05) is 48.3 Å². The van der Waals surface area contributed by atoms with Gasteiger partial charge >= 0.3 is 0 Å². The molecule has 4 heteroatoms. The van der Waals surface area contributed by atoms with E-state index in [0.29, 0.717) is 18.0 Å². The Morgan fingerprint density at radius 1 is 1.16 bits per heavy atom. The van der Waals surface area contributed by atoms with Crippen molar-refractivity contribution in [3.8, 4) is 0 Å². The third kappa shape index (κ3) is 7.57. The summed E-state index contributed by atoms with van der Waals surface area (Å²) >= 11 is 0. The average molecular weight is 364 g/mol. The lowest BCUT2D eigenvalue weighted by Gasteiger charge is -2.22. The van der Waals surface area contributed by atoms with E-state index in [1.54, 1.807) is 16.4 Å². The maximum absolute atomic E-state index is 13.0. The second kappa shape index (κ2) is 10.6. The highest BCUT2D eigenvalue weighted by Gasteiger charge is 2.23. The van der Waals surface area contributed by atoms with Gasteiger partial charge in [0.05, 0.1) is 4.90 Å². The Bertz CT molecular complexity index is 672. The minimum absolute atomic E-state index is 0.379. The van der Waals surface area contributed by atoms with Gasteiger partial charge in [-0.2, -0.15) is 4.31 Å². The van der Waals surface area contributed by atoms with E-state index in [1.165, 1.54) is 5.57 Å². The smallest absolute Gasteiger partial charge is 0.207 e. The van der Waals surface area contributed by atoms with Crippen LogP contribution in [-0.4, -0.2) is 25.8 Å². The largest absolute Gasteiger partial charge is 0.243 e. The van der Waals surface area contributed by atoms with E-state index in [9.17, 15) is 8.42 Å². The second-order valence-corrected chi connectivity index (χ2v) is 8.84. The highest BCUT2D eigenvalue weighted by atomic mass is 32.2. The fourth-order valence-corrected chi connectivity index (χ4v) is 4.09. The zero-order valence-corrected chi connectivity index (χ0v) is 17.0. The SMILES string of the molecule is C=C(C)CCC/C=C(\C)CN(CCCC)S(=O)(=O)c1ccc(C)cc1. The first-order chi connectivity index (χ1) is 11.8. The Morgan fingerprint density at radius 3 is 2.36 bits per heavy atom. The van der Waals surface area contributed by atoms with Crippen molar-refractivity contribution in [3.63, 3.8) is 0 Å². The molecule has 0 radical (unpaired) electrons. The van der Waals surface area contributed by atoms with Crippen LogP contribution in [0.5, 0.6) is 0 Å². The normalized spacial score (nSPS) is 12.6. The zero-order chi connectivity index (χ0) is 18.9. The predicted octanol–water partition coefficient (Wildman–Crippen LogP) is 5.48. The summed E-state index contributed by atoms with van der Waals surface area (Å²) in [5.41, 5.74) is 3.36. The maximum Gasteiger partial charge on any atom is 0.243 e. The van der Waals surface area contributed by atoms with Crippen LogP contribution in [0, 0.1) is 6.92 Å². The molecule has 0 atom stereocenters. The average Bonchev–Trinajstić information content (AvgIpc) is 2.55. The molecule has 0 aliphatic heterocycles. The van der Waals surface area contributed by atoms with Crippen LogP contribution < -0.4 is 0 Å². The number of hydrogen-bond donors (Lipinski definition) is 0. The van der Waals surface area contributed by atoms with Crippen LogP contribution in [0.25, 0.3) is 0 Å². The molecule has 0 unspecified atom stereocenters. The van der Waals surface area contributed by atoms with Crippen LogP contribution in [0.3, 0.4) is 0 Å². The Labute approximate surface area is 154 Å². The molecule has 0 bridgehead atoms. The van der Waals surface area contributed by atoms with Gasteiger partial charge in [-0.3, -0.25) is 0 Å². The third-order valence-electron chi connectivity index (χ3n) is 4.15. The molecule has 0 amide bonds. The number of allylic oxidation sites excluding steroid dienone is 2. The fourth-order valence-electron chi connectivity index (χ4n) is 2.57. The summed E-state index contributed by atoms with van der Waals surface area (Å²) in [6.07, 6.45) is 7.05. The molecule has 0 aromatic heterocycles. The molecule has 0 spiro atoms. The summed E-state index contributed by atoms with van der Waals surface area (Å²) in [6.45, 7) is 13.0. The zero-order valence-electron chi connectivity index (χ0n) is 16.2. The van der Waals surface area contributed by atoms with Crippen molar-refractivity contribution in [2.45, 2.75) is 64.7 Å². The van der Waals surface area contributed by atoms with Gasteiger partial charge in [0.25, 0.3) is 0 Å². The molecule has 0 aliphatic rings. The molecule has 1 rings (SSSR count). The molecule has 0 N–H and O–H groups in total. The van der Waals surface area contributed by atoms with Gasteiger partial charge in [-0.05, 0) is 58.6 Å². The third-order valence-corrected chi connectivity index (χ3v) is 6.01. The summed E-state index contributed by atoms with van der Waals surface area (Å²) in [5, 5.41) is 0. The number of rotatable bonds is 11. The van der Waals surface area contributed by atoms with Crippen LogP contribution in [0.1, 0.15) is 58.4 Å². The summed E-state index contributed by atoms with van der Waals surface area (Å²) < 4.78 is 27.6. The fraction of sp³-hybridized carbons (Fsp3) is 0.524. The lowest BCUT2D eigenvalue weighted by molar-refractivity contribution is 0.425. The number of nitrogens with zero attached hydrogens (tertiary/aromatic N) is 1. The topological polar surface area (TPSA) is 37.4 Å². The van der Waals surface area contributed by atoms with Gasteiger partial charge in [-0.25, -0.2) is 8.42 Å². The van der Waals surface area contributed by atoms with Crippen LogP contribution in [0.15, 0.2) is 53.0 Å². The van der Waals surface area contributed by atoms with Crippen molar-refractivity contribution in [2.24, 2.45) is 0 Å². The monoisotopic (exact) mass is 363 g/mol. The molecule has 0 fully saturated rings. The number of benzene rings is 1. The summed E-state index contributed by atoms with van der Waals surface area (Å²) in [7, 11) is -3.45. The molecule has 0 heterocycles. The van der Waals surface area contributed by atoms with Gasteiger partial charge in [0.2, 0.25) is 10.0 Å². The molecule has 0 aliphatic carbocycles.